The van der Waals surface area contributed by atoms with E-state index < -0.39 is 11.8 Å². The van der Waals surface area contributed by atoms with Crippen molar-refractivity contribution in [3.63, 3.8) is 0 Å². The summed E-state index contributed by atoms with van der Waals surface area (Å²) >= 11 is 0. The second-order valence-corrected chi connectivity index (χ2v) is 3.09. The molecular weight excluding hydrogens is 187 g/mol. The zero-order valence-electron chi connectivity index (χ0n) is 7.67. The molecule has 4 heteroatoms. The number of benzene rings is 1. The van der Waals surface area contributed by atoms with E-state index in [1.165, 1.54) is 19.2 Å². The molecule has 1 aromatic carbocycles. The van der Waals surface area contributed by atoms with Crippen molar-refractivity contribution in [2.75, 3.05) is 7.11 Å². The smallest absolute Gasteiger partial charge is 0.340 e. The van der Waals surface area contributed by atoms with E-state index in [9.17, 15) is 9.18 Å². The lowest BCUT2D eigenvalue weighted by molar-refractivity contribution is 0.0595. The molecule has 0 spiro atoms. The SMILES string of the molecule is COC(=O)c1cc2c(cc1F)COC2. The molecule has 0 amide bonds. The quantitative estimate of drug-likeness (QED) is 0.640. The van der Waals surface area contributed by atoms with Crippen molar-refractivity contribution in [1.82, 2.24) is 0 Å². The summed E-state index contributed by atoms with van der Waals surface area (Å²) in [5.74, 6) is -1.21. The molecular formula is C10H9FO3. The van der Waals surface area contributed by atoms with Gasteiger partial charge in [-0.2, -0.15) is 0 Å². The molecule has 1 aliphatic rings. The first-order valence-electron chi connectivity index (χ1n) is 4.19. The van der Waals surface area contributed by atoms with Crippen LogP contribution in [-0.4, -0.2) is 13.1 Å². The second kappa shape index (κ2) is 3.38. The molecule has 0 bridgehead atoms. The molecule has 0 saturated carbocycles. The van der Waals surface area contributed by atoms with E-state index in [4.69, 9.17) is 4.74 Å². The molecule has 2 rings (SSSR count). The monoisotopic (exact) mass is 196 g/mol. The minimum absolute atomic E-state index is 0.0308. The van der Waals surface area contributed by atoms with Crippen molar-refractivity contribution in [1.29, 1.82) is 0 Å². The topological polar surface area (TPSA) is 35.5 Å². The van der Waals surface area contributed by atoms with Gasteiger partial charge >= 0.3 is 5.97 Å². The van der Waals surface area contributed by atoms with Crippen LogP contribution in [0.2, 0.25) is 0 Å². The third kappa shape index (κ3) is 1.37. The molecule has 0 aliphatic carbocycles. The summed E-state index contributed by atoms with van der Waals surface area (Å²) in [7, 11) is 1.23. The Hall–Kier alpha value is -1.42. The number of hydrogen-bond acceptors (Lipinski definition) is 3. The summed E-state index contributed by atoms with van der Waals surface area (Å²) in [6, 6.07) is 2.82. The van der Waals surface area contributed by atoms with Crippen molar-refractivity contribution in [2.45, 2.75) is 13.2 Å². The number of hydrogen-bond donors (Lipinski definition) is 0. The highest BCUT2D eigenvalue weighted by Crippen LogP contribution is 2.23. The summed E-state index contributed by atoms with van der Waals surface area (Å²) in [5.41, 5.74) is 1.62. The maximum Gasteiger partial charge on any atom is 0.340 e. The van der Waals surface area contributed by atoms with Crippen LogP contribution in [0, 0.1) is 5.82 Å². The van der Waals surface area contributed by atoms with Gasteiger partial charge in [-0.1, -0.05) is 0 Å². The number of halogens is 1. The average molecular weight is 196 g/mol. The minimum atomic E-state index is -0.655. The van der Waals surface area contributed by atoms with E-state index >= 15 is 0 Å². The first kappa shape index (κ1) is 9.15. The number of rotatable bonds is 1. The first-order chi connectivity index (χ1) is 6.72. The van der Waals surface area contributed by atoms with Crippen LogP contribution < -0.4 is 0 Å². The molecule has 0 atom stereocenters. The summed E-state index contributed by atoms with van der Waals surface area (Å²) < 4.78 is 22.9. The van der Waals surface area contributed by atoms with Crippen molar-refractivity contribution in [2.24, 2.45) is 0 Å². The fraction of sp³-hybridized carbons (Fsp3) is 0.300. The number of ether oxygens (including phenoxy) is 2. The molecule has 74 valence electrons. The Morgan fingerprint density at radius 3 is 2.71 bits per heavy atom. The van der Waals surface area contributed by atoms with E-state index in [1.54, 1.807) is 0 Å². The lowest BCUT2D eigenvalue weighted by Gasteiger charge is -2.03. The third-order valence-corrected chi connectivity index (χ3v) is 2.21. The number of esters is 1. The molecule has 1 aliphatic heterocycles. The Kier molecular flexibility index (Phi) is 2.21. The molecule has 14 heavy (non-hydrogen) atoms. The fourth-order valence-corrected chi connectivity index (χ4v) is 1.47. The Morgan fingerprint density at radius 2 is 2.07 bits per heavy atom. The van der Waals surface area contributed by atoms with E-state index in [0.29, 0.717) is 13.2 Å². The van der Waals surface area contributed by atoms with Crippen LogP contribution in [0.1, 0.15) is 21.5 Å². The van der Waals surface area contributed by atoms with Gasteiger partial charge in [0.15, 0.2) is 0 Å². The van der Waals surface area contributed by atoms with Gasteiger partial charge in [0, 0.05) is 0 Å². The maximum absolute atomic E-state index is 13.3. The van der Waals surface area contributed by atoms with E-state index in [1.807, 2.05) is 0 Å². The molecule has 1 aromatic rings. The second-order valence-electron chi connectivity index (χ2n) is 3.09. The molecule has 0 unspecified atom stereocenters. The molecule has 0 radical (unpaired) electrons. The van der Waals surface area contributed by atoms with Gasteiger partial charge in [-0.15, -0.1) is 0 Å². The Morgan fingerprint density at radius 1 is 1.43 bits per heavy atom. The zero-order valence-corrected chi connectivity index (χ0v) is 7.67. The predicted octanol–water partition coefficient (Wildman–Crippen LogP) is 1.64. The van der Waals surface area contributed by atoms with Crippen LogP contribution in [0.25, 0.3) is 0 Å². The van der Waals surface area contributed by atoms with Gasteiger partial charge < -0.3 is 9.47 Å². The molecule has 1 heterocycles. The van der Waals surface area contributed by atoms with Crippen LogP contribution in [0.3, 0.4) is 0 Å². The number of carbonyl (C=O) groups excluding carboxylic acids is 1. The maximum atomic E-state index is 13.3. The molecule has 0 N–H and O–H groups in total. The van der Waals surface area contributed by atoms with Crippen LogP contribution in [0.4, 0.5) is 4.39 Å². The van der Waals surface area contributed by atoms with E-state index in [0.717, 1.165) is 11.1 Å². The highest BCUT2D eigenvalue weighted by Gasteiger charge is 2.19. The largest absolute Gasteiger partial charge is 0.465 e. The van der Waals surface area contributed by atoms with Gasteiger partial charge in [0.05, 0.1) is 25.9 Å². The van der Waals surface area contributed by atoms with Gasteiger partial charge in [0.25, 0.3) is 0 Å². The van der Waals surface area contributed by atoms with Gasteiger partial charge in [0.1, 0.15) is 5.82 Å². The fourth-order valence-electron chi connectivity index (χ4n) is 1.47. The molecule has 0 saturated heterocycles. The highest BCUT2D eigenvalue weighted by molar-refractivity contribution is 5.90. The molecule has 0 fully saturated rings. The zero-order chi connectivity index (χ0) is 10.1. The Bertz CT molecular complexity index is 387. The van der Waals surface area contributed by atoms with Crippen molar-refractivity contribution in [3.05, 3.63) is 34.6 Å². The minimum Gasteiger partial charge on any atom is -0.465 e. The lowest BCUT2D eigenvalue weighted by atomic mass is 10.1. The van der Waals surface area contributed by atoms with Crippen molar-refractivity contribution >= 4 is 5.97 Å². The number of carbonyl (C=O) groups is 1. The van der Waals surface area contributed by atoms with Crippen LogP contribution in [0.15, 0.2) is 12.1 Å². The third-order valence-electron chi connectivity index (χ3n) is 2.21. The average Bonchev–Trinajstić information content (AvgIpc) is 2.62. The van der Waals surface area contributed by atoms with Crippen LogP contribution >= 0.6 is 0 Å². The van der Waals surface area contributed by atoms with E-state index in [2.05, 4.69) is 4.74 Å². The summed E-state index contributed by atoms with van der Waals surface area (Å²) in [6.07, 6.45) is 0. The van der Waals surface area contributed by atoms with Gasteiger partial charge in [0.2, 0.25) is 0 Å². The van der Waals surface area contributed by atoms with Crippen molar-refractivity contribution in [3.8, 4) is 0 Å². The summed E-state index contributed by atoms with van der Waals surface area (Å²) in [5, 5.41) is 0. The van der Waals surface area contributed by atoms with Crippen molar-refractivity contribution < 1.29 is 18.7 Å². The Labute approximate surface area is 80.4 Å². The lowest BCUT2D eigenvalue weighted by Crippen LogP contribution is -2.05. The predicted molar refractivity (Wildman–Crippen MR) is 46.2 cm³/mol. The first-order valence-corrected chi connectivity index (χ1v) is 4.19. The van der Waals surface area contributed by atoms with Gasteiger partial charge in [-0.3, -0.25) is 0 Å². The van der Waals surface area contributed by atoms with Crippen LogP contribution in [0.5, 0.6) is 0 Å². The normalized spacial score (nSPS) is 13.9. The standard InChI is InChI=1S/C10H9FO3/c1-13-10(12)8-2-6-4-14-5-7(6)3-9(8)11/h2-3H,4-5H2,1H3. The Balaban J connectivity index is 2.47. The summed E-state index contributed by atoms with van der Waals surface area (Å²) in [6.45, 7) is 0.841. The van der Waals surface area contributed by atoms with E-state index in [-0.39, 0.29) is 5.56 Å². The number of methoxy groups -OCH3 is 1. The van der Waals surface area contributed by atoms with Gasteiger partial charge in [-0.05, 0) is 23.3 Å². The number of fused-ring (bicyclic) bond motifs is 1. The molecule has 0 aromatic heterocycles. The summed E-state index contributed by atoms with van der Waals surface area (Å²) in [4.78, 5) is 11.1. The van der Waals surface area contributed by atoms with Crippen LogP contribution in [-0.2, 0) is 22.7 Å². The van der Waals surface area contributed by atoms with Gasteiger partial charge in [-0.25, -0.2) is 9.18 Å². The highest BCUT2D eigenvalue weighted by atomic mass is 19.1. The molecule has 3 nitrogen and oxygen atoms in total.